The molecule has 0 aliphatic carbocycles. The zero-order valence-corrected chi connectivity index (χ0v) is 17.6. The van der Waals surface area contributed by atoms with Gasteiger partial charge in [0.2, 0.25) is 0 Å². The third-order valence-corrected chi connectivity index (χ3v) is 5.75. The van der Waals surface area contributed by atoms with Crippen LogP contribution in [0.2, 0.25) is 0 Å². The molecule has 0 aromatic heterocycles. The van der Waals surface area contributed by atoms with Crippen LogP contribution in [0.25, 0.3) is 0 Å². The zero-order valence-electron chi connectivity index (χ0n) is 17.6. The Hall–Kier alpha value is -3.70. The van der Waals surface area contributed by atoms with E-state index in [1.165, 1.54) is 17.0 Å². The fourth-order valence-electron chi connectivity index (χ4n) is 4.04. The molecule has 2 aromatic carbocycles. The molecule has 2 aliphatic heterocycles. The molecule has 32 heavy (non-hydrogen) atoms. The van der Waals surface area contributed by atoms with Gasteiger partial charge in [-0.15, -0.1) is 0 Å². The van der Waals surface area contributed by atoms with Crippen molar-refractivity contribution in [1.82, 2.24) is 10.2 Å². The van der Waals surface area contributed by atoms with E-state index in [4.69, 9.17) is 10.00 Å². The van der Waals surface area contributed by atoms with E-state index in [0.717, 1.165) is 12.8 Å². The summed E-state index contributed by atoms with van der Waals surface area (Å²) >= 11 is 0. The summed E-state index contributed by atoms with van der Waals surface area (Å²) in [6.45, 7) is 2.69. The van der Waals surface area contributed by atoms with Gasteiger partial charge in [-0.05, 0) is 49.6 Å². The van der Waals surface area contributed by atoms with Crippen LogP contribution in [0.4, 0.5) is 14.9 Å². The van der Waals surface area contributed by atoms with Gasteiger partial charge < -0.3 is 15.4 Å². The predicted molar refractivity (Wildman–Crippen MR) is 116 cm³/mol. The molecular formula is C24H23FN4O3. The number of amides is 3. The van der Waals surface area contributed by atoms with Crippen LogP contribution in [-0.2, 0) is 9.53 Å². The number of benzene rings is 2. The summed E-state index contributed by atoms with van der Waals surface area (Å²) in [6, 6.07) is 13.5. The number of anilines is 1. The first kappa shape index (κ1) is 21.5. The molecule has 164 valence electrons. The van der Waals surface area contributed by atoms with Gasteiger partial charge in [-0.3, -0.25) is 9.69 Å². The second kappa shape index (κ2) is 9.20. The zero-order chi connectivity index (χ0) is 22.7. The molecule has 0 bridgehead atoms. The maximum atomic E-state index is 14.2. The van der Waals surface area contributed by atoms with Gasteiger partial charge >= 0.3 is 6.03 Å². The highest BCUT2D eigenvalue weighted by Gasteiger charge is 2.37. The second-order valence-electron chi connectivity index (χ2n) is 7.80. The van der Waals surface area contributed by atoms with Gasteiger partial charge in [-0.2, -0.15) is 5.26 Å². The molecule has 2 atom stereocenters. The van der Waals surface area contributed by atoms with E-state index in [-0.39, 0.29) is 17.8 Å². The van der Waals surface area contributed by atoms with Crippen molar-refractivity contribution in [2.24, 2.45) is 0 Å². The van der Waals surface area contributed by atoms with Crippen molar-refractivity contribution in [3.05, 3.63) is 76.7 Å². The van der Waals surface area contributed by atoms with Crippen molar-refractivity contribution in [3.8, 4) is 6.07 Å². The molecule has 3 amide bonds. The molecule has 4 rings (SSSR count). The summed E-state index contributed by atoms with van der Waals surface area (Å²) in [5.41, 5.74) is 1.95. The number of hydrogen-bond acceptors (Lipinski definition) is 4. The molecule has 0 saturated carbocycles. The molecule has 7 nitrogen and oxygen atoms in total. The molecule has 2 N–H and O–H groups in total. The lowest BCUT2D eigenvalue weighted by Crippen LogP contribution is -2.50. The Morgan fingerprint density at radius 1 is 1.28 bits per heavy atom. The van der Waals surface area contributed by atoms with Crippen LogP contribution in [0.1, 0.15) is 36.9 Å². The van der Waals surface area contributed by atoms with Crippen molar-refractivity contribution >= 4 is 17.6 Å². The number of hydrogen-bond donors (Lipinski definition) is 2. The number of nitrogens with zero attached hydrogens (tertiary/aromatic N) is 2. The van der Waals surface area contributed by atoms with Crippen LogP contribution in [0.3, 0.4) is 0 Å². The first-order chi connectivity index (χ1) is 15.5. The van der Waals surface area contributed by atoms with Crippen LogP contribution in [0.5, 0.6) is 0 Å². The van der Waals surface area contributed by atoms with Gasteiger partial charge in [0.15, 0.2) is 0 Å². The highest BCUT2D eigenvalue weighted by atomic mass is 19.1. The number of para-hydroxylation sites is 1. The minimum Gasteiger partial charge on any atom is -0.376 e. The van der Waals surface area contributed by atoms with Crippen LogP contribution in [-0.4, -0.2) is 36.1 Å². The summed E-state index contributed by atoms with van der Waals surface area (Å²) in [6.07, 6.45) is 1.67. The molecule has 2 aliphatic rings. The lowest BCUT2D eigenvalue weighted by atomic mass is 9.93. The van der Waals surface area contributed by atoms with Crippen molar-refractivity contribution in [1.29, 1.82) is 5.26 Å². The standard InChI is InChI=1S/C24H23FN4O3/c1-15-21(23(30)27-20-7-3-2-6-19(20)25)22(17-10-8-16(13-26)9-11-17)28-24(31)29(15)14-18-5-4-12-32-18/h2-3,6-11,18,22H,4-5,12,14H2,1H3,(H,27,30)(H,28,31). The van der Waals surface area contributed by atoms with Crippen LogP contribution in [0, 0.1) is 17.1 Å². The summed E-state index contributed by atoms with van der Waals surface area (Å²) in [5, 5.41) is 14.6. The van der Waals surface area contributed by atoms with Gasteiger partial charge in [-0.25, -0.2) is 9.18 Å². The van der Waals surface area contributed by atoms with Crippen LogP contribution in [0.15, 0.2) is 59.8 Å². The predicted octanol–water partition coefficient (Wildman–Crippen LogP) is 3.86. The van der Waals surface area contributed by atoms with Gasteiger partial charge in [0.25, 0.3) is 5.91 Å². The minimum absolute atomic E-state index is 0.0546. The second-order valence-corrected chi connectivity index (χ2v) is 7.80. The van der Waals surface area contributed by atoms with Gasteiger partial charge in [0.05, 0.1) is 41.6 Å². The summed E-state index contributed by atoms with van der Waals surface area (Å²) in [7, 11) is 0. The average molecular weight is 434 g/mol. The van der Waals surface area contributed by atoms with E-state index in [0.29, 0.717) is 35.5 Å². The Kier molecular flexibility index (Phi) is 6.19. The number of urea groups is 1. The highest BCUT2D eigenvalue weighted by Crippen LogP contribution is 2.32. The maximum absolute atomic E-state index is 14.2. The van der Waals surface area contributed by atoms with Crippen LogP contribution < -0.4 is 10.6 Å². The lowest BCUT2D eigenvalue weighted by Gasteiger charge is -2.36. The van der Waals surface area contributed by atoms with E-state index < -0.39 is 17.8 Å². The Morgan fingerprint density at radius 3 is 2.69 bits per heavy atom. The van der Waals surface area contributed by atoms with Crippen LogP contribution >= 0.6 is 0 Å². The Labute approximate surface area is 185 Å². The van der Waals surface area contributed by atoms with Crippen molar-refractivity contribution in [3.63, 3.8) is 0 Å². The monoisotopic (exact) mass is 434 g/mol. The normalized spacial score (nSPS) is 20.7. The Morgan fingerprint density at radius 2 is 2.03 bits per heavy atom. The summed E-state index contributed by atoms with van der Waals surface area (Å²) in [5.74, 6) is -1.07. The quantitative estimate of drug-likeness (QED) is 0.747. The SMILES string of the molecule is CC1=C(C(=O)Nc2ccccc2F)C(c2ccc(C#N)cc2)NC(=O)N1CC1CCCO1. The molecule has 0 spiro atoms. The lowest BCUT2D eigenvalue weighted by molar-refractivity contribution is -0.113. The molecule has 1 saturated heterocycles. The van der Waals surface area contributed by atoms with E-state index in [1.807, 2.05) is 0 Å². The highest BCUT2D eigenvalue weighted by molar-refractivity contribution is 6.06. The van der Waals surface area contributed by atoms with Crippen molar-refractivity contribution in [2.45, 2.75) is 31.9 Å². The van der Waals surface area contributed by atoms with Crippen molar-refractivity contribution < 1.29 is 18.7 Å². The number of halogens is 1. The van der Waals surface area contributed by atoms with E-state index in [1.54, 1.807) is 43.3 Å². The van der Waals surface area contributed by atoms with E-state index in [9.17, 15) is 14.0 Å². The average Bonchev–Trinajstić information content (AvgIpc) is 3.31. The van der Waals surface area contributed by atoms with E-state index >= 15 is 0 Å². The summed E-state index contributed by atoms with van der Waals surface area (Å²) < 4.78 is 19.8. The van der Waals surface area contributed by atoms with Gasteiger partial charge in [0, 0.05) is 12.3 Å². The Balaban J connectivity index is 1.71. The fraction of sp³-hybridized carbons (Fsp3) is 0.292. The van der Waals surface area contributed by atoms with Gasteiger partial charge in [0.1, 0.15) is 5.82 Å². The first-order valence-corrected chi connectivity index (χ1v) is 10.4. The minimum atomic E-state index is -0.747. The topological polar surface area (TPSA) is 94.5 Å². The number of carbonyl (C=O) groups is 2. The molecule has 1 fully saturated rings. The van der Waals surface area contributed by atoms with Gasteiger partial charge in [-0.1, -0.05) is 24.3 Å². The number of carbonyl (C=O) groups excluding carboxylic acids is 2. The number of nitriles is 1. The molecule has 2 aromatic rings. The summed E-state index contributed by atoms with van der Waals surface area (Å²) in [4.78, 5) is 27.8. The van der Waals surface area contributed by atoms with Crippen molar-refractivity contribution in [2.75, 3.05) is 18.5 Å². The van der Waals surface area contributed by atoms with E-state index in [2.05, 4.69) is 16.7 Å². The third kappa shape index (κ3) is 4.34. The molecule has 2 heterocycles. The largest absolute Gasteiger partial charge is 0.376 e. The first-order valence-electron chi connectivity index (χ1n) is 10.4. The third-order valence-electron chi connectivity index (χ3n) is 5.75. The number of rotatable bonds is 5. The fourth-order valence-corrected chi connectivity index (χ4v) is 4.04. The number of nitrogens with one attached hydrogen (secondary N) is 2. The smallest absolute Gasteiger partial charge is 0.322 e. The Bertz CT molecular complexity index is 1100. The molecular weight excluding hydrogens is 411 g/mol. The maximum Gasteiger partial charge on any atom is 0.322 e. The number of allylic oxidation sites excluding steroid dienone is 1. The molecule has 8 heteroatoms. The molecule has 2 unspecified atom stereocenters. The molecule has 0 radical (unpaired) electrons. The number of ether oxygens (including phenoxy) is 1.